The first-order chi connectivity index (χ1) is 15.8. The second-order valence-corrected chi connectivity index (χ2v) is 7.58. The monoisotopic (exact) mass is 476 g/mol. The van der Waals surface area contributed by atoms with E-state index in [1.165, 1.54) is 29.7 Å². The average molecular weight is 476 g/mol. The number of carbonyl (C=O) groups is 2. The van der Waals surface area contributed by atoms with Crippen LogP contribution in [0.1, 0.15) is 21.9 Å². The zero-order valence-electron chi connectivity index (χ0n) is 16.7. The van der Waals surface area contributed by atoms with E-state index in [0.29, 0.717) is 10.6 Å². The Morgan fingerprint density at radius 1 is 1.15 bits per heavy atom. The predicted molar refractivity (Wildman–Crippen MR) is 111 cm³/mol. The molecule has 3 aromatic heterocycles. The Bertz CT molecular complexity index is 1250. The third-order valence-electron chi connectivity index (χ3n) is 4.32. The molecule has 0 aliphatic rings. The number of aromatic nitrogens is 3. The molecule has 0 atom stereocenters. The van der Waals surface area contributed by atoms with Crippen molar-refractivity contribution in [3.63, 3.8) is 0 Å². The summed E-state index contributed by atoms with van der Waals surface area (Å²) in [6.45, 7) is -0.472. The molecular formula is C21H15F3N4O4S. The molecule has 8 nitrogen and oxygen atoms in total. The number of amides is 1. The summed E-state index contributed by atoms with van der Waals surface area (Å²) < 4.78 is 50.7. The van der Waals surface area contributed by atoms with Crippen LogP contribution >= 0.6 is 11.3 Å². The maximum Gasteiger partial charge on any atom is 0.416 e. The minimum Gasteiger partial charge on any atom is -0.467 e. The van der Waals surface area contributed by atoms with Crippen molar-refractivity contribution in [2.75, 3.05) is 6.61 Å². The quantitative estimate of drug-likeness (QED) is 0.404. The number of nitrogens with one attached hydrogen (secondary N) is 1. The molecule has 0 saturated heterocycles. The van der Waals surface area contributed by atoms with Gasteiger partial charge in [-0.05, 0) is 41.8 Å². The van der Waals surface area contributed by atoms with Gasteiger partial charge in [-0.3, -0.25) is 4.79 Å². The van der Waals surface area contributed by atoms with Gasteiger partial charge in [-0.15, -0.1) is 16.4 Å². The first kappa shape index (κ1) is 22.3. The van der Waals surface area contributed by atoms with Gasteiger partial charge in [-0.2, -0.15) is 18.2 Å². The summed E-state index contributed by atoms with van der Waals surface area (Å²) in [6, 6.07) is 11.2. The molecular weight excluding hydrogens is 461 g/mol. The summed E-state index contributed by atoms with van der Waals surface area (Å²) in [5.74, 6) is -1.27. The van der Waals surface area contributed by atoms with Crippen molar-refractivity contribution in [2.24, 2.45) is 0 Å². The second-order valence-electron chi connectivity index (χ2n) is 6.63. The van der Waals surface area contributed by atoms with Gasteiger partial charge in [0.1, 0.15) is 5.76 Å². The highest BCUT2D eigenvalue weighted by Crippen LogP contribution is 2.32. The average Bonchev–Trinajstić information content (AvgIpc) is 3.56. The smallest absolute Gasteiger partial charge is 0.416 e. The molecule has 1 amide bonds. The summed E-state index contributed by atoms with van der Waals surface area (Å²) in [5.41, 5.74) is -0.805. The molecule has 3 heterocycles. The number of furan rings is 1. The molecule has 1 N–H and O–H groups in total. The van der Waals surface area contributed by atoms with E-state index in [4.69, 9.17) is 9.15 Å². The maximum absolute atomic E-state index is 13.2. The maximum atomic E-state index is 13.2. The number of hydrogen-bond acceptors (Lipinski definition) is 7. The zero-order valence-corrected chi connectivity index (χ0v) is 17.5. The fraction of sp³-hybridized carbons (Fsp3) is 0.143. The lowest BCUT2D eigenvalue weighted by Crippen LogP contribution is -2.28. The molecule has 0 bridgehead atoms. The second kappa shape index (κ2) is 9.28. The van der Waals surface area contributed by atoms with Crippen LogP contribution < -0.4 is 5.32 Å². The van der Waals surface area contributed by atoms with Crippen molar-refractivity contribution in [3.8, 4) is 16.4 Å². The van der Waals surface area contributed by atoms with E-state index in [2.05, 4.69) is 15.4 Å². The standard InChI is InChI=1S/C21H15F3N4O4S/c22-21(23,24)13-4-1-5-14(10-13)28-19(16-7-3-9-33-16)26-18(27-28)20(30)32-12-17(29)25-11-15-6-2-8-31-15/h1-10H,11-12H2,(H,25,29). The summed E-state index contributed by atoms with van der Waals surface area (Å²) >= 11 is 1.27. The van der Waals surface area contributed by atoms with Crippen LogP contribution in [0, 0.1) is 0 Å². The van der Waals surface area contributed by atoms with E-state index in [9.17, 15) is 22.8 Å². The number of thiophene rings is 1. The van der Waals surface area contributed by atoms with Gasteiger partial charge in [0.15, 0.2) is 12.4 Å². The van der Waals surface area contributed by atoms with Crippen LogP contribution in [0.2, 0.25) is 0 Å². The predicted octanol–water partition coefficient (Wildman–Crippen LogP) is 4.08. The van der Waals surface area contributed by atoms with Crippen LogP contribution in [0.3, 0.4) is 0 Å². The lowest BCUT2D eigenvalue weighted by molar-refractivity contribution is -0.137. The highest BCUT2D eigenvalue weighted by atomic mass is 32.1. The lowest BCUT2D eigenvalue weighted by atomic mass is 10.2. The SMILES string of the molecule is O=C(COC(=O)c1nc(-c2cccs2)n(-c2cccc(C(F)(F)F)c2)n1)NCc1ccco1. The fourth-order valence-corrected chi connectivity index (χ4v) is 3.50. The van der Waals surface area contributed by atoms with E-state index in [1.807, 2.05) is 0 Å². The van der Waals surface area contributed by atoms with Gasteiger partial charge in [0.25, 0.3) is 11.7 Å². The number of rotatable bonds is 7. The summed E-state index contributed by atoms with van der Waals surface area (Å²) in [4.78, 5) is 29.1. The third-order valence-corrected chi connectivity index (χ3v) is 5.19. The normalized spacial score (nSPS) is 11.4. The van der Waals surface area contributed by atoms with Crippen molar-refractivity contribution in [1.82, 2.24) is 20.1 Å². The van der Waals surface area contributed by atoms with E-state index in [1.54, 1.807) is 29.6 Å². The Kier molecular flexibility index (Phi) is 6.27. The molecule has 0 fully saturated rings. The number of esters is 1. The van der Waals surface area contributed by atoms with Crippen LogP contribution in [0.5, 0.6) is 0 Å². The number of hydrogen-bond donors (Lipinski definition) is 1. The Hall–Kier alpha value is -3.93. The van der Waals surface area contributed by atoms with Gasteiger partial charge >= 0.3 is 12.1 Å². The molecule has 33 heavy (non-hydrogen) atoms. The Morgan fingerprint density at radius 2 is 2.00 bits per heavy atom. The van der Waals surface area contributed by atoms with E-state index >= 15 is 0 Å². The molecule has 0 spiro atoms. The molecule has 0 aliphatic carbocycles. The van der Waals surface area contributed by atoms with Gasteiger partial charge in [-0.25, -0.2) is 9.48 Å². The number of halogens is 3. The van der Waals surface area contributed by atoms with Gasteiger partial charge in [0.05, 0.1) is 28.9 Å². The fourth-order valence-electron chi connectivity index (χ4n) is 2.80. The van der Waals surface area contributed by atoms with Crippen LogP contribution in [-0.4, -0.2) is 33.2 Å². The number of nitrogens with zero attached hydrogens (tertiary/aromatic N) is 3. The molecule has 170 valence electrons. The minimum absolute atomic E-state index is 0.0657. The van der Waals surface area contributed by atoms with Crippen molar-refractivity contribution >= 4 is 23.2 Å². The topological polar surface area (TPSA) is 99.3 Å². The summed E-state index contributed by atoms with van der Waals surface area (Å²) in [6.07, 6.45) is -3.09. The lowest BCUT2D eigenvalue weighted by Gasteiger charge is -2.09. The summed E-state index contributed by atoms with van der Waals surface area (Å²) in [7, 11) is 0. The van der Waals surface area contributed by atoms with E-state index in [-0.39, 0.29) is 18.1 Å². The van der Waals surface area contributed by atoms with E-state index in [0.717, 1.165) is 16.8 Å². The van der Waals surface area contributed by atoms with Crippen LogP contribution in [0.25, 0.3) is 16.4 Å². The van der Waals surface area contributed by atoms with Crippen LogP contribution in [0.15, 0.2) is 64.6 Å². The van der Waals surface area contributed by atoms with Crippen LogP contribution in [-0.2, 0) is 22.3 Å². The molecule has 1 aromatic carbocycles. The van der Waals surface area contributed by atoms with Gasteiger partial charge in [0.2, 0.25) is 0 Å². The van der Waals surface area contributed by atoms with Gasteiger partial charge in [0, 0.05) is 0 Å². The number of carbonyl (C=O) groups excluding carboxylic acids is 2. The Morgan fingerprint density at radius 3 is 2.70 bits per heavy atom. The molecule has 12 heteroatoms. The first-order valence-electron chi connectivity index (χ1n) is 9.46. The number of alkyl halides is 3. The zero-order chi connectivity index (χ0) is 23.4. The minimum atomic E-state index is -4.55. The van der Waals surface area contributed by atoms with Gasteiger partial charge < -0.3 is 14.5 Å². The summed E-state index contributed by atoms with van der Waals surface area (Å²) in [5, 5.41) is 8.32. The highest BCUT2D eigenvalue weighted by molar-refractivity contribution is 7.13. The molecule has 4 aromatic rings. The highest BCUT2D eigenvalue weighted by Gasteiger charge is 2.31. The van der Waals surface area contributed by atoms with Crippen molar-refractivity contribution in [2.45, 2.75) is 12.7 Å². The van der Waals surface area contributed by atoms with Gasteiger partial charge in [-0.1, -0.05) is 12.1 Å². The molecule has 0 aliphatic heterocycles. The number of ether oxygens (including phenoxy) is 1. The Labute approximate surface area is 188 Å². The largest absolute Gasteiger partial charge is 0.467 e. The van der Waals surface area contributed by atoms with Crippen molar-refractivity contribution in [1.29, 1.82) is 0 Å². The van der Waals surface area contributed by atoms with E-state index < -0.39 is 36.0 Å². The molecule has 0 saturated carbocycles. The molecule has 0 unspecified atom stereocenters. The first-order valence-corrected chi connectivity index (χ1v) is 10.3. The molecule has 4 rings (SSSR count). The Balaban J connectivity index is 1.53. The van der Waals surface area contributed by atoms with Crippen LogP contribution in [0.4, 0.5) is 13.2 Å². The van der Waals surface area contributed by atoms with Crippen molar-refractivity contribution in [3.05, 3.63) is 77.3 Å². The van der Waals surface area contributed by atoms with Crippen molar-refractivity contribution < 1.29 is 31.9 Å². The molecule has 0 radical (unpaired) electrons. The number of benzene rings is 1. The third kappa shape index (κ3) is 5.29.